The Bertz CT molecular complexity index is 619. The van der Waals surface area contributed by atoms with E-state index >= 15 is 0 Å². The zero-order chi connectivity index (χ0) is 14.3. The molecule has 0 amide bonds. The first-order valence-corrected chi connectivity index (χ1v) is 7.54. The van der Waals surface area contributed by atoms with E-state index in [1.807, 2.05) is 6.07 Å². The zero-order valence-electron chi connectivity index (χ0n) is 11.2. The summed E-state index contributed by atoms with van der Waals surface area (Å²) in [6, 6.07) is 5.42. The summed E-state index contributed by atoms with van der Waals surface area (Å²) >= 11 is 12.6. The van der Waals surface area contributed by atoms with E-state index in [1.165, 1.54) is 12.8 Å². The highest BCUT2D eigenvalue weighted by Gasteiger charge is 2.32. The Morgan fingerprint density at radius 3 is 2.50 bits per heavy atom. The molecule has 0 radical (unpaired) electrons. The maximum atomic E-state index is 6.30. The lowest BCUT2D eigenvalue weighted by Gasteiger charge is -2.15. The summed E-state index contributed by atoms with van der Waals surface area (Å²) in [5.74, 6) is 1.21. The van der Waals surface area contributed by atoms with Gasteiger partial charge in [-0.3, -0.25) is 0 Å². The molecule has 106 valence electrons. The van der Waals surface area contributed by atoms with E-state index in [0.29, 0.717) is 21.9 Å². The molecule has 0 spiro atoms. The number of halogens is 2. The van der Waals surface area contributed by atoms with Crippen molar-refractivity contribution >= 4 is 29.1 Å². The monoisotopic (exact) mass is 310 g/mol. The second-order valence-electron chi connectivity index (χ2n) is 5.42. The first-order chi connectivity index (χ1) is 9.59. The molecule has 1 aliphatic rings. The Hall–Kier alpha value is -1.19. The van der Waals surface area contributed by atoms with Crippen molar-refractivity contribution in [3.05, 3.63) is 33.9 Å². The van der Waals surface area contributed by atoms with E-state index in [9.17, 15) is 0 Å². The largest absolute Gasteiger partial charge is 0.367 e. The van der Waals surface area contributed by atoms with E-state index in [-0.39, 0.29) is 5.88 Å². The number of anilines is 1. The van der Waals surface area contributed by atoms with Crippen LogP contribution in [0.15, 0.2) is 22.7 Å². The minimum absolute atomic E-state index is 0.286. The number of benzene rings is 1. The summed E-state index contributed by atoms with van der Waals surface area (Å²) in [7, 11) is 0. The maximum Gasteiger partial charge on any atom is 0.230 e. The van der Waals surface area contributed by atoms with Crippen molar-refractivity contribution in [3.63, 3.8) is 0 Å². The molecule has 1 heterocycles. The predicted octanol–water partition coefficient (Wildman–Crippen LogP) is 5.13. The molecule has 1 aromatic carbocycles. The van der Waals surface area contributed by atoms with Crippen LogP contribution in [0.1, 0.15) is 37.8 Å². The topological polar surface area (TPSA) is 52.0 Å². The van der Waals surface area contributed by atoms with Crippen LogP contribution in [-0.4, -0.2) is 5.16 Å². The smallest absolute Gasteiger partial charge is 0.230 e. The van der Waals surface area contributed by atoms with Crippen molar-refractivity contribution in [1.29, 1.82) is 0 Å². The molecule has 1 aliphatic carbocycles. The maximum absolute atomic E-state index is 6.30. The molecule has 5 heteroatoms. The van der Waals surface area contributed by atoms with Gasteiger partial charge in [-0.15, -0.1) is 0 Å². The van der Waals surface area contributed by atoms with Crippen molar-refractivity contribution in [2.24, 2.45) is 5.92 Å². The average molecular weight is 311 g/mol. The van der Waals surface area contributed by atoms with Gasteiger partial charge >= 0.3 is 0 Å². The summed E-state index contributed by atoms with van der Waals surface area (Å²) in [5, 5.41) is 5.33. The Labute approximate surface area is 128 Å². The van der Waals surface area contributed by atoms with Gasteiger partial charge in [-0.25, -0.2) is 0 Å². The highest BCUT2D eigenvalue weighted by molar-refractivity contribution is 6.39. The molecular formula is C15H16Cl2N2O. The number of hydrogen-bond acceptors (Lipinski definition) is 3. The second-order valence-corrected chi connectivity index (χ2v) is 6.23. The third kappa shape index (κ3) is 2.19. The van der Waals surface area contributed by atoms with Crippen LogP contribution in [-0.2, 0) is 0 Å². The van der Waals surface area contributed by atoms with Crippen LogP contribution in [0, 0.1) is 5.92 Å². The van der Waals surface area contributed by atoms with Gasteiger partial charge < -0.3 is 10.3 Å². The van der Waals surface area contributed by atoms with Gasteiger partial charge in [-0.1, -0.05) is 54.2 Å². The van der Waals surface area contributed by atoms with Crippen LogP contribution in [0.2, 0.25) is 10.0 Å². The normalized spacial score (nSPS) is 22.4. The van der Waals surface area contributed by atoms with E-state index in [4.69, 9.17) is 33.5 Å². The molecule has 2 unspecified atom stereocenters. The summed E-state index contributed by atoms with van der Waals surface area (Å²) in [5.41, 5.74) is 8.36. The fourth-order valence-electron chi connectivity index (χ4n) is 3.11. The van der Waals surface area contributed by atoms with E-state index < -0.39 is 0 Å². The van der Waals surface area contributed by atoms with E-state index in [2.05, 4.69) is 12.1 Å². The molecule has 20 heavy (non-hydrogen) atoms. The minimum atomic E-state index is 0.286. The van der Waals surface area contributed by atoms with E-state index in [1.54, 1.807) is 12.1 Å². The fourth-order valence-corrected chi connectivity index (χ4v) is 3.69. The Morgan fingerprint density at radius 1 is 1.20 bits per heavy atom. The number of hydrogen-bond donors (Lipinski definition) is 1. The minimum Gasteiger partial charge on any atom is -0.367 e. The fraction of sp³-hybridized carbons (Fsp3) is 0.400. The summed E-state index contributed by atoms with van der Waals surface area (Å²) in [6.45, 7) is 2.24. The number of nitrogen functional groups attached to an aromatic ring is 1. The van der Waals surface area contributed by atoms with Crippen molar-refractivity contribution in [2.45, 2.75) is 32.1 Å². The molecule has 0 bridgehead atoms. The molecule has 0 saturated heterocycles. The standard InChI is InChI=1S/C15H16Cl2N2O/c1-8-4-2-5-9(8)14-13(15(18)20-19-14)12-10(16)6-3-7-11(12)17/h3,6-9H,2,4-5,18H2,1H3. The second kappa shape index (κ2) is 5.30. The average Bonchev–Trinajstić information content (AvgIpc) is 2.97. The quantitative estimate of drug-likeness (QED) is 0.836. The predicted molar refractivity (Wildman–Crippen MR) is 82.1 cm³/mol. The van der Waals surface area contributed by atoms with Crippen molar-refractivity contribution in [3.8, 4) is 11.1 Å². The highest BCUT2D eigenvalue weighted by Crippen LogP contribution is 2.47. The lowest BCUT2D eigenvalue weighted by Crippen LogP contribution is -2.04. The molecule has 1 aromatic heterocycles. The zero-order valence-corrected chi connectivity index (χ0v) is 12.7. The molecule has 3 nitrogen and oxygen atoms in total. The molecule has 3 rings (SSSR count). The number of nitrogens with zero attached hydrogens (tertiary/aromatic N) is 1. The van der Waals surface area contributed by atoms with Crippen LogP contribution in [0.5, 0.6) is 0 Å². The molecule has 2 aromatic rings. The summed E-state index contributed by atoms with van der Waals surface area (Å²) in [6.07, 6.45) is 3.50. The number of nitrogens with two attached hydrogens (primary N) is 1. The summed E-state index contributed by atoms with van der Waals surface area (Å²) in [4.78, 5) is 0. The van der Waals surface area contributed by atoms with Crippen LogP contribution in [0.25, 0.3) is 11.1 Å². The van der Waals surface area contributed by atoms with Gasteiger partial charge in [0.2, 0.25) is 5.88 Å². The van der Waals surface area contributed by atoms with Gasteiger partial charge in [-0.05, 0) is 24.5 Å². The van der Waals surface area contributed by atoms with Crippen molar-refractivity contribution in [1.82, 2.24) is 5.16 Å². The molecule has 0 aliphatic heterocycles. The van der Waals surface area contributed by atoms with Gasteiger partial charge in [0.15, 0.2) is 0 Å². The van der Waals surface area contributed by atoms with Gasteiger partial charge in [0.1, 0.15) is 0 Å². The molecule has 2 N–H and O–H groups in total. The van der Waals surface area contributed by atoms with Crippen LogP contribution >= 0.6 is 23.2 Å². The van der Waals surface area contributed by atoms with Crippen LogP contribution < -0.4 is 5.73 Å². The number of rotatable bonds is 2. The van der Waals surface area contributed by atoms with E-state index in [0.717, 1.165) is 23.2 Å². The number of aromatic nitrogens is 1. The van der Waals surface area contributed by atoms with Crippen molar-refractivity contribution < 1.29 is 4.52 Å². The van der Waals surface area contributed by atoms with Gasteiger partial charge in [0, 0.05) is 11.5 Å². The SMILES string of the molecule is CC1CCCC1c1noc(N)c1-c1c(Cl)cccc1Cl. The lowest BCUT2D eigenvalue weighted by molar-refractivity contribution is 0.407. The molecule has 2 atom stereocenters. The van der Waals surface area contributed by atoms with Gasteiger partial charge in [0.05, 0.1) is 21.3 Å². The molecule has 1 fully saturated rings. The molecule has 1 saturated carbocycles. The first kappa shape index (κ1) is 13.8. The Balaban J connectivity index is 2.17. The van der Waals surface area contributed by atoms with Crippen molar-refractivity contribution in [2.75, 3.05) is 5.73 Å². The van der Waals surface area contributed by atoms with Gasteiger partial charge in [-0.2, -0.15) is 0 Å². The highest BCUT2D eigenvalue weighted by atomic mass is 35.5. The first-order valence-electron chi connectivity index (χ1n) is 6.79. The Kier molecular flexibility index (Phi) is 3.65. The third-order valence-corrected chi connectivity index (χ3v) is 4.80. The summed E-state index contributed by atoms with van der Waals surface area (Å²) < 4.78 is 5.23. The van der Waals surface area contributed by atoms with Crippen LogP contribution in [0.3, 0.4) is 0 Å². The lowest BCUT2D eigenvalue weighted by atomic mass is 9.90. The van der Waals surface area contributed by atoms with Crippen LogP contribution in [0.4, 0.5) is 5.88 Å². The molecular weight excluding hydrogens is 295 g/mol. The Morgan fingerprint density at radius 2 is 1.90 bits per heavy atom. The third-order valence-electron chi connectivity index (χ3n) is 4.17. The van der Waals surface area contributed by atoms with Gasteiger partial charge in [0.25, 0.3) is 0 Å².